The van der Waals surface area contributed by atoms with Crippen LogP contribution in [-0.2, 0) is 16.2 Å². The van der Waals surface area contributed by atoms with E-state index in [2.05, 4.69) is 32.6 Å². The van der Waals surface area contributed by atoms with Crippen molar-refractivity contribution in [2.24, 2.45) is 10.8 Å². The maximum Gasteiger partial charge on any atom is 0.162 e. The van der Waals surface area contributed by atoms with Crippen LogP contribution in [0.3, 0.4) is 0 Å². The molecule has 0 saturated carbocycles. The number of carbonyl (C=O) groups is 2. The monoisotopic (exact) mass is 555 g/mol. The molecular weight excluding hydrogens is 524 g/mol. The Morgan fingerprint density at radius 1 is 0.921 bits per heavy atom. The van der Waals surface area contributed by atoms with Crippen LogP contribution in [-0.4, -0.2) is 23.5 Å². The Bertz CT molecular complexity index is 1370. The Balaban J connectivity index is 1.71. The van der Waals surface area contributed by atoms with Crippen LogP contribution in [0.25, 0.3) is 0 Å². The van der Waals surface area contributed by atoms with E-state index in [9.17, 15) is 14.0 Å². The second-order valence-electron chi connectivity index (χ2n) is 12.3. The Morgan fingerprint density at radius 2 is 1.50 bits per heavy atom. The van der Waals surface area contributed by atoms with Gasteiger partial charge in [0, 0.05) is 58.9 Å². The van der Waals surface area contributed by atoms with Gasteiger partial charge in [0.25, 0.3) is 0 Å². The van der Waals surface area contributed by atoms with E-state index < -0.39 is 5.92 Å². The maximum absolute atomic E-state index is 13.8. The minimum atomic E-state index is -0.637. The number of ketones is 2. The highest BCUT2D eigenvalue weighted by molar-refractivity contribution is 6.35. The van der Waals surface area contributed by atoms with Gasteiger partial charge in [0.2, 0.25) is 0 Å². The number of allylic oxidation sites excluding steroid dienone is 4. The van der Waals surface area contributed by atoms with Gasteiger partial charge in [0.1, 0.15) is 18.2 Å². The molecule has 4 nitrogen and oxygen atoms in total. The highest BCUT2D eigenvalue weighted by Crippen LogP contribution is 2.56. The van der Waals surface area contributed by atoms with E-state index in [1.54, 1.807) is 24.3 Å². The van der Waals surface area contributed by atoms with Crippen molar-refractivity contribution in [2.75, 3.05) is 7.05 Å². The quantitative estimate of drug-likeness (QED) is 0.383. The lowest BCUT2D eigenvalue weighted by atomic mass is 9.63. The molecule has 0 fully saturated rings. The molecule has 3 aliphatic rings. The minimum absolute atomic E-state index is 0.0180. The van der Waals surface area contributed by atoms with Crippen LogP contribution < -0.4 is 4.74 Å². The third-order valence-electron chi connectivity index (χ3n) is 7.80. The highest BCUT2D eigenvalue weighted by atomic mass is 35.5. The first-order valence-corrected chi connectivity index (χ1v) is 13.6. The summed E-state index contributed by atoms with van der Waals surface area (Å²) in [5.41, 5.74) is 3.93. The first-order chi connectivity index (χ1) is 17.8. The summed E-state index contributed by atoms with van der Waals surface area (Å²) < 4.78 is 20.0. The molecule has 5 rings (SSSR count). The number of Topliss-reactive ketones (excluding diaryl/α,β-unsaturated/α-hetero) is 2. The fourth-order valence-corrected chi connectivity index (χ4v) is 6.77. The van der Waals surface area contributed by atoms with Crippen molar-refractivity contribution >= 4 is 34.8 Å². The van der Waals surface area contributed by atoms with Crippen molar-refractivity contribution < 1.29 is 18.7 Å². The molecule has 0 amide bonds. The molecule has 200 valence electrons. The van der Waals surface area contributed by atoms with E-state index in [1.807, 2.05) is 7.05 Å². The van der Waals surface area contributed by atoms with Gasteiger partial charge >= 0.3 is 0 Å². The molecular formula is C31H32Cl2FNO3. The molecule has 0 bridgehead atoms. The molecule has 7 heteroatoms. The summed E-state index contributed by atoms with van der Waals surface area (Å²) >= 11 is 13.2. The normalized spacial score (nSPS) is 21.0. The van der Waals surface area contributed by atoms with Crippen molar-refractivity contribution in [2.45, 2.75) is 65.9 Å². The molecule has 0 atom stereocenters. The van der Waals surface area contributed by atoms with Gasteiger partial charge in [-0.15, -0.1) is 0 Å². The molecule has 2 aliphatic carbocycles. The number of hydrogen-bond acceptors (Lipinski definition) is 4. The lowest BCUT2D eigenvalue weighted by Crippen LogP contribution is -2.43. The van der Waals surface area contributed by atoms with Crippen LogP contribution in [0.2, 0.25) is 10.0 Å². The van der Waals surface area contributed by atoms with Gasteiger partial charge in [0.15, 0.2) is 11.6 Å². The Kier molecular flexibility index (Phi) is 6.76. The second-order valence-corrected chi connectivity index (χ2v) is 13.2. The van der Waals surface area contributed by atoms with E-state index in [0.717, 1.165) is 11.4 Å². The Labute approximate surface area is 233 Å². The molecule has 0 unspecified atom stereocenters. The van der Waals surface area contributed by atoms with E-state index >= 15 is 0 Å². The van der Waals surface area contributed by atoms with Crippen LogP contribution in [0.15, 0.2) is 58.9 Å². The van der Waals surface area contributed by atoms with Crippen molar-refractivity contribution in [3.05, 3.63) is 85.9 Å². The lowest BCUT2D eigenvalue weighted by Gasteiger charge is -2.48. The van der Waals surface area contributed by atoms with Crippen molar-refractivity contribution in [3.8, 4) is 5.75 Å². The Hall–Kier alpha value is -2.63. The fraction of sp³-hybridized carbons (Fsp3) is 0.419. The molecule has 0 aromatic heterocycles. The van der Waals surface area contributed by atoms with Gasteiger partial charge in [-0.2, -0.15) is 0 Å². The van der Waals surface area contributed by atoms with Gasteiger partial charge < -0.3 is 9.64 Å². The third-order valence-corrected chi connectivity index (χ3v) is 8.30. The van der Waals surface area contributed by atoms with E-state index in [4.69, 9.17) is 27.9 Å². The van der Waals surface area contributed by atoms with Crippen LogP contribution in [0.4, 0.5) is 4.39 Å². The molecule has 38 heavy (non-hydrogen) atoms. The van der Waals surface area contributed by atoms with Crippen molar-refractivity contribution in [1.29, 1.82) is 0 Å². The smallest absolute Gasteiger partial charge is 0.162 e. The third kappa shape index (κ3) is 4.91. The maximum atomic E-state index is 13.8. The van der Waals surface area contributed by atoms with Crippen molar-refractivity contribution in [3.63, 3.8) is 0 Å². The summed E-state index contributed by atoms with van der Waals surface area (Å²) in [5, 5.41) is 0.665. The fourth-order valence-electron chi connectivity index (χ4n) is 6.20. The first-order valence-electron chi connectivity index (χ1n) is 12.9. The predicted octanol–water partition coefficient (Wildman–Crippen LogP) is 8.03. The largest absolute Gasteiger partial charge is 0.487 e. The van der Waals surface area contributed by atoms with Gasteiger partial charge in [-0.3, -0.25) is 9.59 Å². The summed E-state index contributed by atoms with van der Waals surface area (Å²) in [7, 11) is 1.97. The average Bonchev–Trinajstić information content (AvgIpc) is 2.78. The second kappa shape index (κ2) is 9.53. The zero-order chi connectivity index (χ0) is 27.6. The number of carbonyl (C=O) groups excluding carboxylic acids is 2. The Morgan fingerprint density at radius 3 is 2.05 bits per heavy atom. The number of nitrogens with zero attached hydrogens (tertiary/aromatic N) is 1. The van der Waals surface area contributed by atoms with Crippen LogP contribution in [0.5, 0.6) is 5.75 Å². The zero-order valence-corrected chi connectivity index (χ0v) is 23.9. The summed E-state index contributed by atoms with van der Waals surface area (Å²) in [6.07, 6.45) is 2.18. The molecule has 1 heterocycles. The van der Waals surface area contributed by atoms with E-state index in [1.165, 1.54) is 12.1 Å². The topological polar surface area (TPSA) is 46.6 Å². The van der Waals surface area contributed by atoms with Gasteiger partial charge in [0.05, 0.1) is 5.02 Å². The molecule has 0 spiro atoms. The number of rotatable bonds is 4. The predicted molar refractivity (Wildman–Crippen MR) is 148 cm³/mol. The number of benzene rings is 2. The minimum Gasteiger partial charge on any atom is -0.487 e. The summed E-state index contributed by atoms with van der Waals surface area (Å²) in [6.45, 7) is 8.46. The number of hydrogen-bond donors (Lipinski definition) is 0. The van der Waals surface area contributed by atoms with Gasteiger partial charge in [-0.05, 0) is 53.5 Å². The molecule has 0 radical (unpaired) electrons. The molecule has 2 aromatic carbocycles. The zero-order valence-electron chi connectivity index (χ0n) is 22.4. The van der Waals surface area contributed by atoms with Crippen LogP contribution in [0.1, 0.15) is 70.4 Å². The number of ether oxygens (including phenoxy) is 1. The first kappa shape index (κ1) is 27.0. The summed E-state index contributed by atoms with van der Waals surface area (Å²) in [5.74, 6) is -0.612. The molecule has 1 aliphatic heterocycles. The van der Waals surface area contributed by atoms with Gasteiger partial charge in [-0.1, -0.05) is 63.0 Å². The van der Waals surface area contributed by atoms with Gasteiger partial charge in [-0.25, -0.2) is 4.39 Å². The average molecular weight is 557 g/mol. The highest BCUT2D eigenvalue weighted by Gasteiger charge is 2.49. The van der Waals surface area contributed by atoms with E-state index in [0.29, 0.717) is 58.7 Å². The summed E-state index contributed by atoms with van der Waals surface area (Å²) in [4.78, 5) is 29.7. The summed E-state index contributed by atoms with van der Waals surface area (Å²) in [6, 6.07) is 9.50. The standard InChI is InChI=1S/C31H32Cl2FNO3/c1-30(2)12-22-27(24(36)14-30)26(28-23(35(22)5)13-31(3,4)15-25(28)37)20-10-18(32)11-21(33)29(20)38-16-17-7-6-8-19(34)9-17/h6-11,26H,12-16H2,1-5H3. The molecule has 0 N–H and O–H groups in total. The van der Waals surface area contributed by atoms with E-state index in [-0.39, 0.29) is 39.8 Å². The number of halogens is 3. The lowest BCUT2D eigenvalue weighted by molar-refractivity contribution is -0.119. The SMILES string of the molecule is CN1C2=C(C(=O)CC(C)(C)C2)C(c2cc(Cl)cc(Cl)c2OCc2cccc(F)c2)C2=C1CC(C)(C)CC2=O. The van der Waals surface area contributed by atoms with Crippen LogP contribution in [0, 0.1) is 16.6 Å². The molecule has 0 saturated heterocycles. The molecule has 2 aromatic rings. The van der Waals surface area contributed by atoms with Crippen LogP contribution >= 0.6 is 23.2 Å². The van der Waals surface area contributed by atoms with Crippen molar-refractivity contribution in [1.82, 2.24) is 4.90 Å².